The first kappa shape index (κ1) is 22.5. The van der Waals surface area contributed by atoms with Crippen LogP contribution >= 0.6 is 11.3 Å². The van der Waals surface area contributed by atoms with Crippen LogP contribution in [-0.2, 0) is 19.8 Å². The summed E-state index contributed by atoms with van der Waals surface area (Å²) in [6, 6.07) is 11.1. The highest BCUT2D eigenvalue weighted by Crippen LogP contribution is 2.46. The predicted octanol–water partition coefficient (Wildman–Crippen LogP) is 4.31. The number of hydrogen-bond donors (Lipinski definition) is 0. The Labute approximate surface area is 193 Å². The topological polar surface area (TPSA) is 66.9 Å². The molecule has 0 bridgehead atoms. The highest BCUT2D eigenvalue weighted by molar-refractivity contribution is 7.10. The fraction of sp³-hybridized carbons (Fsp3) is 0.480. The van der Waals surface area contributed by atoms with Gasteiger partial charge in [-0.1, -0.05) is 37.1 Å². The summed E-state index contributed by atoms with van der Waals surface area (Å²) in [5.74, 6) is -0.0751. The van der Waals surface area contributed by atoms with Crippen molar-refractivity contribution in [3.05, 3.63) is 52.2 Å². The molecule has 0 unspecified atom stereocenters. The molecule has 4 rings (SSSR count). The van der Waals surface area contributed by atoms with E-state index in [9.17, 15) is 14.4 Å². The van der Waals surface area contributed by atoms with Gasteiger partial charge in [0.05, 0.1) is 18.6 Å². The Bertz CT molecular complexity index is 999. The Balaban J connectivity index is 1.71. The van der Waals surface area contributed by atoms with Crippen molar-refractivity contribution in [2.45, 2.75) is 62.9 Å². The molecule has 1 aromatic carbocycles. The van der Waals surface area contributed by atoms with E-state index in [1.807, 2.05) is 42.6 Å². The van der Waals surface area contributed by atoms with Crippen LogP contribution in [0.25, 0.3) is 0 Å². The number of likely N-dealkylation sites (tertiary alicyclic amines) is 1. The van der Waals surface area contributed by atoms with E-state index in [1.165, 1.54) is 4.90 Å². The first-order chi connectivity index (χ1) is 15.4. The Morgan fingerprint density at radius 3 is 2.59 bits per heavy atom. The van der Waals surface area contributed by atoms with Crippen molar-refractivity contribution in [3.63, 3.8) is 0 Å². The molecule has 1 saturated heterocycles. The normalized spacial score (nSPS) is 22.4. The molecule has 0 N–H and O–H groups in total. The van der Waals surface area contributed by atoms with Crippen LogP contribution in [0.15, 0.2) is 41.8 Å². The predicted molar refractivity (Wildman–Crippen MR) is 124 cm³/mol. The van der Waals surface area contributed by atoms with Crippen LogP contribution in [0.5, 0.6) is 5.75 Å². The van der Waals surface area contributed by atoms with Crippen molar-refractivity contribution in [2.75, 3.05) is 14.2 Å². The number of thiophene rings is 1. The van der Waals surface area contributed by atoms with E-state index in [0.29, 0.717) is 11.3 Å². The number of carbonyl (C=O) groups is 3. The van der Waals surface area contributed by atoms with Crippen molar-refractivity contribution >= 4 is 29.1 Å². The van der Waals surface area contributed by atoms with Crippen LogP contribution in [0, 0.1) is 0 Å². The Hall–Kier alpha value is -2.67. The van der Waals surface area contributed by atoms with Crippen molar-refractivity contribution in [1.82, 2.24) is 9.80 Å². The van der Waals surface area contributed by atoms with Gasteiger partial charge in [-0.05, 0) is 37.3 Å². The standard InChI is InChI=1S/C25H30N2O4S/c1-17(21-13-8-14-32-21)26(2)22(28)15-25(19-11-6-7-12-20(19)31-3)16-23(29)27(24(25)30)18-9-4-5-10-18/h6-8,11-14,17-18H,4-5,9-10,15-16H2,1-3H3/t17-,25+/m1/s1. The molecule has 0 radical (unpaired) electrons. The lowest BCUT2D eigenvalue weighted by Gasteiger charge is -2.33. The lowest BCUT2D eigenvalue weighted by Crippen LogP contribution is -2.45. The summed E-state index contributed by atoms with van der Waals surface area (Å²) >= 11 is 1.60. The summed E-state index contributed by atoms with van der Waals surface area (Å²) in [4.78, 5) is 44.8. The van der Waals surface area contributed by atoms with Crippen molar-refractivity contribution in [3.8, 4) is 5.75 Å². The highest BCUT2D eigenvalue weighted by atomic mass is 32.1. The summed E-state index contributed by atoms with van der Waals surface area (Å²) in [6.07, 6.45) is 3.64. The minimum atomic E-state index is -1.24. The molecule has 3 amide bonds. The van der Waals surface area contributed by atoms with Crippen molar-refractivity contribution < 1.29 is 19.1 Å². The number of nitrogens with zero attached hydrogens (tertiary/aromatic N) is 2. The molecule has 1 aliphatic carbocycles. The van der Waals surface area contributed by atoms with Crippen molar-refractivity contribution in [2.24, 2.45) is 0 Å². The van der Waals surface area contributed by atoms with E-state index in [4.69, 9.17) is 4.74 Å². The molecule has 6 nitrogen and oxygen atoms in total. The van der Waals surface area contributed by atoms with Gasteiger partial charge in [0, 0.05) is 36.4 Å². The number of benzene rings is 1. The van der Waals surface area contributed by atoms with Gasteiger partial charge in [0.1, 0.15) is 5.75 Å². The Morgan fingerprint density at radius 2 is 1.94 bits per heavy atom. The zero-order valence-corrected chi connectivity index (χ0v) is 19.7. The number of ether oxygens (including phenoxy) is 1. The first-order valence-electron chi connectivity index (χ1n) is 11.2. The fourth-order valence-electron chi connectivity index (χ4n) is 5.10. The van der Waals surface area contributed by atoms with Gasteiger partial charge in [0.15, 0.2) is 0 Å². The number of rotatable bonds is 7. The summed E-state index contributed by atoms with van der Waals surface area (Å²) in [6.45, 7) is 1.98. The average Bonchev–Trinajstić information content (AvgIpc) is 3.55. The number of carbonyl (C=O) groups excluding carboxylic acids is 3. The van der Waals surface area contributed by atoms with Gasteiger partial charge in [0.2, 0.25) is 17.7 Å². The number of imide groups is 1. The SMILES string of the molecule is COc1ccccc1[C@]1(CC(=O)N(C)[C@H](C)c2cccs2)CC(=O)N(C2CCCC2)C1=O. The van der Waals surface area contributed by atoms with Gasteiger partial charge < -0.3 is 9.64 Å². The third kappa shape index (κ3) is 3.83. The maximum Gasteiger partial charge on any atom is 0.241 e. The van der Waals surface area contributed by atoms with Gasteiger partial charge >= 0.3 is 0 Å². The van der Waals surface area contributed by atoms with Crippen LogP contribution in [0.4, 0.5) is 0 Å². The number of para-hydroxylation sites is 1. The van der Waals surface area contributed by atoms with E-state index in [1.54, 1.807) is 36.5 Å². The number of hydrogen-bond acceptors (Lipinski definition) is 5. The third-order valence-electron chi connectivity index (χ3n) is 7.04. The highest BCUT2D eigenvalue weighted by Gasteiger charge is 2.57. The molecule has 32 heavy (non-hydrogen) atoms. The Morgan fingerprint density at radius 1 is 1.22 bits per heavy atom. The maximum absolute atomic E-state index is 13.9. The molecule has 170 valence electrons. The molecule has 2 aliphatic rings. The van der Waals surface area contributed by atoms with Crippen LogP contribution in [0.1, 0.15) is 61.9 Å². The molecular formula is C25H30N2O4S. The monoisotopic (exact) mass is 454 g/mol. The van der Waals surface area contributed by atoms with E-state index in [0.717, 1.165) is 30.6 Å². The maximum atomic E-state index is 13.9. The van der Waals surface area contributed by atoms with E-state index in [-0.39, 0.29) is 42.6 Å². The molecule has 1 saturated carbocycles. The Kier molecular flexibility index (Phi) is 6.38. The van der Waals surface area contributed by atoms with Gasteiger partial charge in [-0.15, -0.1) is 11.3 Å². The van der Waals surface area contributed by atoms with Crippen LogP contribution in [0.3, 0.4) is 0 Å². The van der Waals surface area contributed by atoms with Crippen molar-refractivity contribution in [1.29, 1.82) is 0 Å². The lowest BCUT2D eigenvalue weighted by atomic mass is 9.75. The summed E-state index contributed by atoms with van der Waals surface area (Å²) in [7, 11) is 3.31. The summed E-state index contributed by atoms with van der Waals surface area (Å²) in [5.41, 5.74) is -0.626. The zero-order chi connectivity index (χ0) is 22.9. The second kappa shape index (κ2) is 9.06. The van der Waals surface area contributed by atoms with Gasteiger partial charge in [-0.2, -0.15) is 0 Å². The second-order valence-electron chi connectivity index (χ2n) is 8.84. The van der Waals surface area contributed by atoms with Crippen LogP contribution in [0.2, 0.25) is 0 Å². The third-order valence-corrected chi connectivity index (χ3v) is 8.09. The van der Waals surface area contributed by atoms with Gasteiger partial charge in [0.25, 0.3) is 0 Å². The van der Waals surface area contributed by atoms with Crippen LogP contribution < -0.4 is 4.74 Å². The minimum Gasteiger partial charge on any atom is -0.496 e. The molecule has 1 aromatic heterocycles. The fourth-order valence-corrected chi connectivity index (χ4v) is 5.92. The van der Waals surface area contributed by atoms with E-state index >= 15 is 0 Å². The smallest absolute Gasteiger partial charge is 0.241 e. The molecule has 7 heteroatoms. The summed E-state index contributed by atoms with van der Waals surface area (Å²) < 4.78 is 5.57. The molecule has 2 atom stereocenters. The molecule has 1 aliphatic heterocycles. The van der Waals surface area contributed by atoms with Gasteiger partial charge in [-0.25, -0.2) is 0 Å². The number of amides is 3. The lowest BCUT2D eigenvalue weighted by molar-refractivity contribution is -0.145. The molecule has 0 spiro atoms. The molecule has 2 heterocycles. The second-order valence-corrected chi connectivity index (χ2v) is 9.82. The largest absolute Gasteiger partial charge is 0.496 e. The quantitative estimate of drug-likeness (QED) is 0.585. The molecule has 2 fully saturated rings. The zero-order valence-electron chi connectivity index (χ0n) is 18.9. The van der Waals surface area contributed by atoms with Gasteiger partial charge in [-0.3, -0.25) is 19.3 Å². The van der Waals surface area contributed by atoms with E-state index < -0.39 is 5.41 Å². The first-order valence-corrected chi connectivity index (χ1v) is 12.1. The number of methoxy groups -OCH3 is 1. The average molecular weight is 455 g/mol. The molecule has 2 aromatic rings. The minimum absolute atomic E-state index is 0.00430. The van der Waals surface area contributed by atoms with Crippen LogP contribution in [-0.4, -0.2) is 47.7 Å². The summed E-state index contributed by atoms with van der Waals surface area (Å²) in [5, 5.41) is 1.99. The molecular weight excluding hydrogens is 424 g/mol. The van der Waals surface area contributed by atoms with E-state index in [2.05, 4.69) is 0 Å².